The summed E-state index contributed by atoms with van der Waals surface area (Å²) in [5, 5.41) is 3.06. The highest BCUT2D eigenvalue weighted by Gasteiger charge is 2.30. The Morgan fingerprint density at radius 2 is 1.81 bits per heavy atom. The summed E-state index contributed by atoms with van der Waals surface area (Å²) in [6.07, 6.45) is 4.31. The van der Waals surface area contributed by atoms with Crippen LogP contribution >= 0.6 is 0 Å². The maximum Gasteiger partial charge on any atom is 0.407 e. The van der Waals surface area contributed by atoms with Crippen molar-refractivity contribution >= 4 is 6.09 Å². The van der Waals surface area contributed by atoms with Gasteiger partial charge in [-0.2, -0.15) is 0 Å². The van der Waals surface area contributed by atoms with Gasteiger partial charge in [0, 0.05) is 38.3 Å². The first-order valence-corrected chi connectivity index (χ1v) is 8.25. The number of rotatable bonds is 2. The number of amides is 1. The average Bonchev–Trinajstić information content (AvgIpc) is 2.37. The molecule has 0 aromatic rings. The molecule has 5 heteroatoms. The highest BCUT2D eigenvalue weighted by molar-refractivity contribution is 5.68. The molecule has 0 aromatic heterocycles. The van der Waals surface area contributed by atoms with Gasteiger partial charge in [0.15, 0.2) is 0 Å². The molecule has 1 N–H and O–H groups in total. The monoisotopic (exact) mass is 297 g/mol. The van der Waals surface area contributed by atoms with Gasteiger partial charge in [0.2, 0.25) is 0 Å². The topological polar surface area (TPSA) is 44.8 Å². The zero-order valence-corrected chi connectivity index (χ0v) is 14.0. The Bertz CT molecular complexity index is 346. The SMILES string of the molecule is CN1CCN(C2CCC[C@H](NC(=O)OC(C)(C)C)C2)CC1. The summed E-state index contributed by atoms with van der Waals surface area (Å²) in [7, 11) is 2.19. The number of alkyl carbamates (subject to hydrolysis) is 1. The second-order valence-corrected chi connectivity index (χ2v) is 7.50. The van der Waals surface area contributed by atoms with E-state index in [-0.39, 0.29) is 12.1 Å². The van der Waals surface area contributed by atoms with Crippen molar-refractivity contribution in [1.29, 1.82) is 0 Å². The standard InChI is InChI=1S/C16H31N3O2/c1-16(2,3)21-15(20)17-13-6-5-7-14(12-13)19-10-8-18(4)9-11-19/h13-14H,5-12H2,1-4H3,(H,17,20)/t13-,14?/m0/s1. The normalized spacial score (nSPS) is 29.1. The smallest absolute Gasteiger partial charge is 0.407 e. The van der Waals surface area contributed by atoms with Crippen LogP contribution in [0.3, 0.4) is 0 Å². The van der Waals surface area contributed by atoms with Gasteiger partial charge < -0.3 is 15.0 Å². The lowest BCUT2D eigenvalue weighted by Gasteiger charge is -2.41. The molecule has 0 bridgehead atoms. The summed E-state index contributed by atoms with van der Waals surface area (Å²) < 4.78 is 5.36. The van der Waals surface area contributed by atoms with E-state index in [9.17, 15) is 4.79 Å². The number of nitrogens with one attached hydrogen (secondary N) is 1. The van der Waals surface area contributed by atoms with Crippen LogP contribution in [0.2, 0.25) is 0 Å². The van der Waals surface area contributed by atoms with Gasteiger partial charge in [0.1, 0.15) is 5.60 Å². The summed E-state index contributed by atoms with van der Waals surface area (Å²) in [6.45, 7) is 10.3. The maximum atomic E-state index is 11.9. The van der Waals surface area contributed by atoms with Gasteiger partial charge >= 0.3 is 6.09 Å². The van der Waals surface area contributed by atoms with Gasteiger partial charge in [-0.05, 0) is 53.5 Å². The Hall–Kier alpha value is -0.810. The van der Waals surface area contributed by atoms with E-state index in [1.807, 2.05) is 20.8 Å². The van der Waals surface area contributed by atoms with Gasteiger partial charge in [0.25, 0.3) is 0 Å². The number of carbonyl (C=O) groups excluding carboxylic acids is 1. The number of piperazine rings is 1. The zero-order valence-electron chi connectivity index (χ0n) is 14.0. The zero-order chi connectivity index (χ0) is 15.5. The molecule has 1 unspecified atom stereocenters. The van der Waals surface area contributed by atoms with Crippen LogP contribution in [0.15, 0.2) is 0 Å². The van der Waals surface area contributed by atoms with Crippen molar-refractivity contribution in [2.45, 2.75) is 64.1 Å². The molecule has 1 aliphatic carbocycles. The molecular weight excluding hydrogens is 266 g/mol. The molecule has 2 fully saturated rings. The first kappa shape index (κ1) is 16.6. The van der Waals surface area contributed by atoms with E-state index in [2.05, 4.69) is 22.2 Å². The number of nitrogens with zero attached hydrogens (tertiary/aromatic N) is 2. The third kappa shape index (κ3) is 5.47. The largest absolute Gasteiger partial charge is 0.444 e. The molecule has 0 spiro atoms. The lowest BCUT2D eigenvalue weighted by molar-refractivity contribution is 0.0445. The summed E-state index contributed by atoms with van der Waals surface area (Å²) in [6, 6.07) is 0.880. The van der Waals surface area contributed by atoms with E-state index in [0.717, 1.165) is 39.0 Å². The van der Waals surface area contributed by atoms with E-state index in [1.165, 1.54) is 12.8 Å². The summed E-state index contributed by atoms with van der Waals surface area (Å²) in [4.78, 5) is 16.9. The lowest BCUT2D eigenvalue weighted by Crippen LogP contribution is -2.52. The molecule has 2 aliphatic rings. The van der Waals surface area contributed by atoms with Crippen molar-refractivity contribution < 1.29 is 9.53 Å². The van der Waals surface area contributed by atoms with Crippen LogP contribution < -0.4 is 5.32 Å². The third-order valence-electron chi connectivity index (χ3n) is 4.42. The fraction of sp³-hybridized carbons (Fsp3) is 0.938. The highest BCUT2D eigenvalue weighted by Crippen LogP contribution is 2.24. The molecule has 1 saturated carbocycles. The van der Waals surface area contributed by atoms with E-state index in [0.29, 0.717) is 6.04 Å². The number of ether oxygens (including phenoxy) is 1. The van der Waals surface area contributed by atoms with E-state index in [1.54, 1.807) is 0 Å². The Morgan fingerprint density at radius 1 is 1.14 bits per heavy atom. The van der Waals surface area contributed by atoms with Crippen LogP contribution in [-0.4, -0.2) is 66.8 Å². The van der Waals surface area contributed by atoms with Crippen LogP contribution in [0.4, 0.5) is 4.79 Å². The van der Waals surface area contributed by atoms with Crippen LogP contribution in [0.25, 0.3) is 0 Å². The van der Waals surface area contributed by atoms with E-state index in [4.69, 9.17) is 4.74 Å². The number of likely N-dealkylation sites (N-methyl/N-ethyl adjacent to an activating group) is 1. The quantitative estimate of drug-likeness (QED) is 0.847. The number of carbonyl (C=O) groups is 1. The van der Waals surface area contributed by atoms with Gasteiger partial charge in [-0.25, -0.2) is 4.79 Å². The molecule has 21 heavy (non-hydrogen) atoms. The minimum absolute atomic E-state index is 0.262. The molecule has 1 heterocycles. The molecule has 0 aromatic carbocycles. The van der Waals surface area contributed by atoms with Crippen molar-refractivity contribution in [3.05, 3.63) is 0 Å². The Kier molecular flexibility index (Phi) is 5.49. The number of hydrogen-bond donors (Lipinski definition) is 1. The summed E-state index contributed by atoms with van der Waals surface area (Å²) in [5.41, 5.74) is -0.421. The van der Waals surface area contributed by atoms with Crippen molar-refractivity contribution in [1.82, 2.24) is 15.1 Å². The molecular formula is C16H31N3O2. The Morgan fingerprint density at radius 3 is 2.43 bits per heavy atom. The van der Waals surface area contributed by atoms with Crippen molar-refractivity contribution in [2.75, 3.05) is 33.2 Å². The predicted molar refractivity (Wildman–Crippen MR) is 84.5 cm³/mol. The first-order chi connectivity index (χ1) is 9.83. The van der Waals surface area contributed by atoms with Crippen molar-refractivity contribution in [3.63, 3.8) is 0 Å². The van der Waals surface area contributed by atoms with Crippen molar-refractivity contribution in [2.24, 2.45) is 0 Å². The van der Waals surface area contributed by atoms with Gasteiger partial charge in [-0.3, -0.25) is 4.90 Å². The summed E-state index contributed by atoms with van der Waals surface area (Å²) >= 11 is 0. The fourth-order valence-electron chi connectivity index (χ4n) is 3.29. The van der Waals surface area contributed by atoms with Gasteiger partial charge in [-0.15, -0.1) is 0 Å². The second-order valence-electron chi connectivity index (χ2n) is 7.50. The third-order valence-corrected chi connectivity index (χ3v) is 4.42. The second kappa shape index (κ2) is 6.97. The first-order valence-electron chi connectivity index (χ1n) is 8.25. The Labute approximate surface area is 129 Å². The predicted octanol–water partition coefficient (Wildman–Crippen LogP) is 2.07. The van der Waals surface area contributed by atoms with Gasteiger partial charge in [-0.1, -0.05) is 0 Å². The van der Waals surface area contributed by atoms with Crippen LogP contribution in [0.1, 0.15) is 46.5 Å². The summed E-state index contributed by atoms with van der Waals surface area (Å²) in [5.74, 6) is 0. The molecule has 0 radical (unpaired) electrons. The molecule has 1 amide bonds. The molecule has 2 atom stereocenters. The minimum Gasteiger partial charge on any atom is -0.444 e. The molecule has 2 rings (SSSR count). The van der Waals surface area contributed by atoms with Gasteiger partial charge in [0.05, 0.1) is 0 Å². The van der Waals surface area contributed by atoms with E-state index >= 15 is 0 Å². The van der Waals surface area contributed by atoms with Crippen LogP contribution in [0.5, 0.6) is 0 Å². The molecule has 122 valence electrons. The van der Waals surface area contributed by atoms with Crippen LogP contribution in [0, 0.1) is 0 Å². The molecule has 5 nitrogen and oxygen atoms in total. The lowest BCUT2D eigenvalue weighted by atomic mass is 9.89. The van der Waals surface area contributed by atoms with Crippen LogP contribution in [-0.2, 0) is 4.74 Å². The van der Waals surface area contributed by atoms with E-state index < -0.39 is 5.60 Å². The van der Waals surface area contributed by atoms with Crippen molar-refractivity contribution in [3.8, 4) is 0 Å². The average molecular weight is 297 g/mol. The highest BCUT2D eigenvalue weighted by atomic mass is 16.6. The Balaban J connectivity index is 1.79. The fourth-order valence-corrected chi connectivity index (χ4v) is 3.29. The maximum absolute atomic E-state index is 11.9. The molecule has 1 saturated heterocycles. The number of hydrogen-bond acceptors (Lipinski definition) is 4. The minimum atomic E-state index is -0.421. The molecule has 1 aliphatic heterocycles.